The summed E-state index contributed by atoms with van der Waals surface area (Å²) in [6, 6.07) is 4.00. The molecule has 5 nitrogen and oxygen atoms in total. The summed E-state index contributed by atoms with van der Waals surface area (Å²) in [5.74, 6) is 2.14. The summed E-state index contributed by atoms with van der Waals surface area (Å²) in [6.07, 6.45) is 3.41. The van der Waals surface area contributed by atoms with Crippen LogP contribution in [0.25, 0.3) is 11.1 Å². The lowest BCUT2D eigenvalue weighted by Crippen LogP contribution is -2.30. The van der Waals surface area contributed by atoms with E-state index in [1.165, 1.54) is 0 Å². The molecule has 3 heterocycles. The van der Waals surface area contributed by atoms with Crippen molar-refractivity contribution in [2.45, 2.75) is 44.7 Å². The molecule has 0 saturated carbocycles. The highest BCUT2D eigenvalue weighted by Gasteiger charge is 2.23. The van der Waals surface area contributed by atoms with Gasteiger partial charge in [0, 0.05) is 41.2 Å². The quantitative estimate of drug-likeness (QED) is 0.797. The van der Waals surface area contributed by atoms with Crippen LogP contribution in [-0.2, 0) is 12.0 Å². The Bertz CT molecular complexity index is 872. The molecule has 24 heavy (non-hydrogen) atoms. The van der Waals surface area contributed by atoms with Crippen LogP contribution in [0.3, 0.4) is 0 Å². The molecule has 0 amide bonds. The van der Waals surface area contributed by atoms with Crippen LogP contribution in [0.4, 0.5) is 0 Å². The van der Waals surface area contributed by atoms with E-state index in [-0.39, 0.29) is 16.5 Å². The summed E-state index contributed by atoms with van der Waals surface area (Å²) in [4.78, 5) is 21.5. The summed E-state index contributed by atoms with van der Waals surface area (Å²) >= 11 is 1.66. The van der Waals surface area contributed by atoms with Crippen molar-refractivity contribution in [3.8, 4) is 17.2 Å². The van der Waals surface area contributed by atoms with Crippen molar-refractivity contribution in [3.63, 3.8) is 0 Å². The standard InChI is InChI=1S/C18H20N4OS/c1-11-9-22-15(24-10-11)5-13(14(6-19)16(22)23)12-7-20-17(21-8-12)18(2,3)4/h5,7-8,11H,9-10H2,1-4H3. The van der Waals surface area contributed by atoms with Crippen LogP contribution < -0.4 is 5.56 Å². The van der Waals surface area contributed by atoms with Gasteiger partial charge in [-0.15, -0.1) is 11.8 Å². The van der Waals surface area contributed by atoms with Crippen LogP contribution in [0.5, 0.6) is 0 Å². The second-order valence-corrected chi connectivity index (χ2v) is 8.30. The zero-order chi connectivity index (χ0) is 17.5. The van der Waals surface area contributed by atoms with Gasteiger partial charge in [-0.3, -0.25) is 4.79 Å². The van der Waals surface area contributed by atoms with E-state index in [9.17, 15) is 10.1 Å². The number of hydrogen-bond donors (Lipinski definition) is 0. The topological polar surface area (TPSA) is 71.6 Å². The lowest BCUT2D eigenvalue weighted by molar-refractivity contribution is 0.474. The Labute approximate surface area is 145 Å². The van der Waals surface area contributed by atoms with Gasteiger partial charge in [0.2, 0.25) is 0 Å². The van der Waals surface area contributed by atoms with Gasteiger partial charge in [0.15, 0.2) is 0 Å². The molecule has 0 saturated heterocycles. The smallest absolute Gasteiger partial charge is 0.269 e. The van der Waals surface area contributed by atoms with Crippen LogP contribution in [-0.4, -0.2) is 20.3 Å². The molecule has 6 heteroatoms. The molecular weight excluding hydrogens is 320 g/mol. The van der Waals surface area contributed by atoms with Gasteiger partial charge in [-0.25, -0.2) is 9.97 Å². The molecular formula is C18H20N4OS. The Balaban J connectivity index is 2.14. The second-order valence-electron chi connectivity index (χ2n) is 7.26. The van der Waals surface area contributed by atoms with Gasteiger partial charge in [-0.05, 0) is 12.0 Å². The zero-order valence-corrected chi connectivity index (χ0v) is 15.1. The fraction of sp³-hybridized carbons (Fsp3) is 0.444. The minimum Gasteiger partial charge on any atom is -0.302 e. The lowest BCUT2D eigenvalue weighted by atomic mass is 9.95. The first-order valence-electron chi connectivity index (χ1n) is 7.95. The summed E-state index contributed by atoms with van der Waals surface area (Å²) in [7, 11) is 0. The van der Waals surface area contributed by atoms with Crippen LogP contribution in [0, 0.1) is 17.2 Å². The minimum atomic E-state index is -0.219. The summed E-state index contributed by atoms with van der Waals surface area (Å²) < 4.78 is 1.71. The second kappa shape index (κ2) is 6.06. The average Bonchev–Trinajstić information content (AvgIpc) is 2.54. The van der Waals surface area contributed by atoms with E-state index in [4.69, 9.17) is 0 Å². The molecule has 1 aliphatic rings. The number of hydrogen-bond acceptors (Lipinski definition) is 5. The molecule has 1 unspecified atom stereocenters. The van der Waals surface area contributed by atoms with Gasteiger partial charge in [0.05, 0.1) is 5.03 Å². The van der Waals surface area contributed by atoms with Crippen LogP contribution in [0.15, 0.2) is 28.3 Å². The van der Waals surface area contributed by atoms with Gasteiger partial charge in [0.25, 0.3) is 5.56 Å². The molecule has 0 spiro atoms. The van der Waals surface area contributed by atoms with Crippen molar-refractivity contribution < 1.29 is 0 Å². The van der Waals surface area contributed by atoms with Crippen molar-refractivity contribution >= 4 is 11.8 Å². The van der Waals surface area contributed by atoms with E-state index < -0.39 is 0 Å². The van der Waals surface area contributed by atoms with E-state index in [0.717, 1.165) is 16.6 Å². The predicted molar refractivity (Wildman–Crippen MR) is 95.0 cm³/mol. The maximum absolute atomic E-state index is 12.7. The zero-order valence-electron chi connectivity index (χ0n) is 14.3. The first-order valence-corrected chi connectivity index (χ1v) is 8.93. The minimum absolute atomic E-state index is 0.141. The van der Waals surface area contributed by atoms with Gasteiger partial charge >= 0.3 is 0 Å². The first kappa shape index (κ1) is 16.7. The summed E-state index contributed by atoms with van der Waals surface area (Å²) in [6.45, 7) is 8.92. The summed E-state index contributed by atoms with van der Waals surface area (Å²) in [5.41, 5.74) is 1.14. The molecule has 124 valence electrons. The van der Waals surface area contributed by atoms with Crippen molar-refractivity contribution in [1.82, 2.24) is 14.5 Å². The normalized spacial score (nSPS) is 17.2. The molecule has 0 aliphatic carbocycles. The molecule has 0 fully saturated rings. The number of fused-ring (bicyclic) bond motifs is 1. The molecule has 2 aromatic heterocycles. The maximum Gasteiger partial charge on any atom is 0.269 e. The fourth-order valence-corrected chi connectivity index (χ4v) is 3.77. The maximum atomic E-state index is 12.7. The van der Waals surface area contributed by atoms with E-state index >= 15 is 0 Å². The number of pyridine rings is 1. The van der Waals surface area contributed by atoms with Gasteiger partial charge in [-0.2, -0.15) is 5.26 Å². The van der Waals surface area contributed by atoms with Crippen molar-refractivity contribution in [3.05, 3.63) is 40.2 Å². The van der Waals surface area contributed by atoms with Gasteiger partial charge < -0.3 is 4.57 Å². The van der Waals surface area contributed by atoms with Crippen LogP contribution >= 0.6 is 11.8 Å². The highest BCUT2D eigenvalue weighted by molar-refractivity contribution is 7.99. The third-order valence-corrected chi connectivity index (χ3v) is 5.39. The first-order chi connectivity index (χ1) is 11.3. The van der Waals surface area contributed by atoms with Crippen molar-refractivity contribution in [2.24, 2.45) is 5.92 Å². The molecule has 0 bridgehead atoms. The largest absolute Gasteiger partial charge is 0.302 e. The fourth-order valence-electron chi connectivity index (χ4n) is 2.70. The Morgan fingerprint density at radius 3 is 2.58 bits per heavy atom. The predicted octanol–water partition coefficient (Wildman–Crippen LogP) is 3.22. The number of aromatic nitrogens is 3. The number of nitrogens with zero attached hydrogens (tertiary/aromatic N) is 4. The highest BCUT2D eigenvalue weighted by atomic mass is 32.2. The van der Waals surface area contributed by atoms with E-state index in [2.05, 4.69) is 23.0 Å². The lowest BCUT2D eigenvalue weighted by Gasteiger charge is -2.24. The van der Waals surface area contributed by atoms with Crippen molar-refractivity contribution in [1.29, 1.82) is 5.26 Å². The molecule has 2 aromatic rings. The van der Waals surface area contributed by atoms with Crippen LogP contribution in [0.2, 0.25) is 0 Å². The van der Waals surface area contributed by atoms with Crippen molar-refractivity contribution in [2.75, 3.05) is 5.75 Å². The number of thioether (sulfide) groups is 1. The Morgan fingerprint density at radius 2 is 2.00 bits per heavy atom. The molecule has 0 N–H and O–H groups in total. The van der Waals surface area contributed by atoms with E-state index in [0.29, 0.717) is 23.6 Å². The Hall–Kier alpha value is -2.13. The van der Waals surface area contributed by atoms with E-state index in [1.54, 1.807) is 28.7 Å². The molecule has 0 radical (unpaired) electrons. The van der Waals surface area contributed by atoms with E-state index in [1.807, 2.05) is 26.8 Å². The monoisotopic (exact) mass is 340 g/mol. The Morgan fingerprint density at radius 1 is 1.33 bits per heavy atom. The molecule has 1 aliphatic heterocycles. The third-order valence-electron chi connectivity index (χ3n) is 4.02. The van der Waals surface area contributed by atoms with Gasteiger partial charge in [-0.1, -0.05) is 27.7 Å². The number of nitriles is 1. The van der Waals surface area contributed by atoms with Gasteiger partial charge in [0.1, 0.15) is 17.5 Å². The Kier molecular flexibility index (Phi) is 4.22. The SMILES string of the molecule is CC1CSc2cc(-c3cnc(C(C)(C)C)nc3)c(C#N)c(=O)n2C1. The van der Waals surface area contributed by atoms with Crippen LogP contribution in [0.1, 0.15) is 39.1 Å². The molecule has 1 atom stereocenters. The highest BCUT2D eigenvalue weighted by Crippen LogP contribution is 2.31. The summed E-state index contributed by atoms with van der Waals surface area (Å²) in [5, 5.41) is 10.4. The molecule has 3 rings (SSSR count). The number of rotatable bonds is 1. The molecule has 0 aromatic carbocycles. The third kappa shape index (κ3) is 2.96. The average molecular weight is 340 g/mol.